The van der Waals surface area contributed by atoms with Crippen LogP contribution in [0.5, 0.6) is 0 Å². The summed E-state index contributed by atoms with van der Waals surface area (Å²) in [6.45, 7) is 1.10. The van der Waals surface area contributed by atoms with Crippen LogP contribution in [-0.2, 0) is 9.84 Å². The van der Waals surface area contributed by atoms with E-state index in [2.05, 4.69) is 5.32 Å². The van der Waals surface area contributed by atoms with E-state index in [0.29, 0.717) is 17.5 Å². The van der Waals surface area contributed by atoms with Crippen molar-refractivity contribution in [3.05, 3.63) is 0 Å². The van der Waals surface area contributed by atoms with Crippen LogP contribution in [0.2, 0.25) is 0 Å². The highest BCUT2D eigenvalue weighted by molar-refractivity contribution is 7.91. The van der Waals surface area contributed by atoms with Crippen molar-refractivity contribution in [2.24, 2.45) is 5.92 Å². The lowest BCUT2D eigenvalue weighted by Gasteiger charge is -2.25. The van der Waals surface area contributed by atoms with Crippen molar-refractivity contribution in [3.8, 4) is 0 Å². The van der Waals surface area contributed by atoms with E-state index in [0.717, 1.165) is 25.3 Å². The number of hydrogen-bond donors (Lipinski definition) is 1. The van der Waals surface area contributed by atoms with Crippen molar-refractivity contribution in [1.29, 1.82) is 0 Å². The Morgan fingerprint density at radius 1 is 0.882 bits per heavy atom. The topological polar surface area (TPSA) is 46.2 Å². The highest BCUT2D eigenvalue weighted by Gasteiger charge is 2.23. The van der Waals surface area contributed by atoms with E-state index in [-0.39, 0.29) is 0 Å². The van der Waals surface area contributed by atoms with Crippen molar-refractivity contribution in [3.63, 3.8) is 0 Å². The van der Waals surface area contributed by atoms with Gasteiger partial charge in [0.15, 0.2) is 0 Å². The van der Waals surface area contributed by atoms with Crippen LogP contribution in [0.1, 0.15) is 51.4 Å². The molecule has 100 valence electrons. The summed E-state index contributed by atoms with van der Waals surface area (Å²) in [6, 6.07) is 0.446. The van der Waals surface area contributed by atoms with Crippen LogP contribution in [0.25, 0.3) is 0 Å². The molecule has 0 bridgehead atoms. The number of sulfone groups is 1. The Balaban J connectivity index is 1.68. The summed E-state index contributed by atoms with van der Waals surface area (Å²) >= 11 is 0. The largest absolute Gasteiger partial charge is 0.314 e. The van der Waals surface area contributed by atoms with Crippen LogP contribution in [0, 0.1) is 5.92 Å². The Bertz CT molecular complexity index is 304. The highest BCUT2D eigenvalue weighted by Crippen LogP contribution is 2.22. The fourth-order valence-corrected chi connectivity index (χ4v) is 4.49. The van der Waals surface area contributed by atoms with Crippen LogP contribution in [0.4, 0.5) is 0 Å². The van der Waals surface area contributed by atoms with Gasteiger partial charge in [-0.1, -0.05) is 25.7 Å². The minimum absolute atomic E-state index is 0.384. The van der Waals surface area contributed by atoms with E-state index in [1.54, 1.807) is 0 Å². The van der Waals surface area contributed by atoms with E-state index < -0.39 is 9.84 Å². The number of nitrogens with one attached hydrogen (secondary N) is 1. The van der Waals surface area contributed by atoms with Crippen LogP contribution in [0.3, 0.4) is 0 Å². The average Bonchev–Trinajstić information content (AvgIpc) is 2.56. The van der Waals surface area contributed by atoms with Gasteiger partial charge in [0.25, 0.3) is 0 Å². The van der Waals surface area contributed by atoms with E-state index in [1.807, 2.05) is 0 Å². The van der Waals surface area contributed by atoms with E-state index in [4.69, 9.17) is 0 Å². The predicted molar refractivity (Wildman–Crippen MR) is 70.9 cm³/mol. The first-order chi connectivity index (χ1) is 8.16. The Morgan fingerprint density at radius 2 is 1.47 bits per heavy atom. The monoisotopic (exact) mass is 259 g/mol. The Labute approximate surface area is 105 Å². The smallest absolute Gasteiger partial charge is 0.150 e. The molecular formula is C13H25NO2S. The maximum Gasteiger partial charge on any atom is 0.150 e. The molecule has 3 nitrogen and oxygen atoms in total. The summed E-state index contributed by atoms with van der Waals surface area (Å²) in [5, 5.41) is 3.59. The molecule has 0 amide bonds. The molecule has 1 saturated carbocycles. The Hall–Kier alpha value is -0.0900. The van der Waals surface area contributed by atoms with Crippen molar-refractivity contribution in [2.45, 2.75) is 57.4 Å². The molecule has 1 heterocycles. The fourth-order valence-electron chi connectivity index (χ4n) is 3.00. The molecule has 4 heteroatoms. The van der Waals surface area contributed by atoms with Crippen LogP contribution in [-0.4, -0.2) is 32.5 Å². The summed E-state index contributed by atoms with van der Waals surface area (Å²) in [6.07, 6.45) is 9.91. The average molecular weight is 259 g/mol. The molecule has 1 aliphatic carbocycles. The van der Waals surface area contributed by atoms with Gasteiger partial charge in [-0.2, -0.15) is 0 Å². The molecule has 2 fully saturated rings. The molecule has 2 aliphatic rings. The fraction of sp³-hybridized carbons (Fsp3) is 1.00. The molecule has 1 aliphatic heterocycles. The molecule has 0 unspecified atom stereocenters. The van der Waals surface area contributed by atoms with Crippen LogP contribution < -0.4 is 5.32 Å². The first kappa shape index (κ1) is 13.3. The summed E-state index contributed by atoms with van der Waals surface area (Å²) in [4.78, 5) is 0. The lowest BCUT2D eigenvalue weighted by Crippen LogP contribution is -2.39. The van der Waals surface area contributed by atoms with Crippen LogP contribution in [0.15, 0.2) is 0 Å². The third-order valence-corrected chi connectivity index (χ3v) is 5.94. The molecule has 2 rings (SSSR count). The second kappa shape index (κ2) is 6.19. The predicted octanol–water partition coefficient (Wildman–Crippen LogP) is 2.12. The maximum atomic E-state index is 11.3. The van der Waals surface area contributed by atoms with Gasteiger partial charge in [0.05, 0.1) is 11.5 Å². The lowest BCUT2D eigenvalue weighted by atomic mass is 9.99. The maximum absolute atomic E-state index is 11.3. The summed E-state index contributed by atoms with van der Waals surface area (Å²) in [5.41, 5.74) is 0. The first-order valence-electron chi connectivity index (χ1n) is 7.09. The molecule has 0 aromatic carbocycles. The van der Waals surface area contributed by atoms with E-state index in [9.17, 15) is 8.42 Å². The van der Waals surface area contributed by atoms with Gasteiger partial charge >= 0.3 is 0 Å². The Kier molecular flexibility index (Phi) is 4.86. The normalized spacial score (nSPS) is 27.8. The molecule has 0 aromatic rings. The highest BCUT2D eigenvalue weighted by atomic mass is 32.2. The van der Waals surface area contributed by atoms with E-state index >= 15 is 0 Å². The summed E-state index contributed by atoms with van der Waals surface area (Å²) in [5.74, 6) is 1.60. The van der Waals surface area contributed by atoms with Gasteiger partial charge < -0.3 is 5.32 Å². The quantitative estimate of drug-likeness (QED) is 0.790. The molecule has 0 radical (unpaired) electrons. The second-order valence-corrected chi connectivity index (χ2v) is 8.00. The van der Waals surface area contributed by atoms with Gasteiger partial charge in [0.2, 0.25) is 0 Å². The zero-order valence-corrected chi connectivity index (χ0v) is 11.5. The van der Waals surface area contributed by atoms with Gasteiger partial charge in [-0.05, 0) is 38.1 Å². The Morgan fingerprint density at radius 3 is 2.06 bits per heavy atom. The molecule has 0 spiro atoms. The molecule has 1 N–H and O–H groups in total. The molecule has 1 saturated heterocycles. The second-order valence-electron chi connectivity index (χ2n) is 5.69. The van der Waals surface area contributed by atoms with Crippen molar-refractivity contribution in [1.82, 2.24) is 5.32 Å². The summed E-state index contributed by atoms with van der Waals surface area (Å²) in [7, 11) is -2.70. The first-order valence-corrected chi connectivity index (χ1v) is 8.92. The van der Waals surface area contributed by atoms with E-state index in [1.165, 1.54) is 38.5 Å². The third kappa shape index (κ3) is 4.59. The van der Waals surface area contributed by atoms with Crippen LogP contribution >= 0.6 is 0 Å². The van der Waals surface area contributed by atoms with Gasteiger partial charge in [0, 0.05) is 6.04 Å². The lowest BCUT2D eigenvalue weighted by molar-refractivity contribution is 0.376. The zero-order valence-electron chi connectivity index (χ0n) is 10.7. The molecular weight excluding hydrogens is 234 g/mol. The molecule has 17 heavy (non-hydrogen) atoms. The van der Waals surface area contributed by atoms with Crippen molar-refractivity contribution in [2.75, 3.05) is 18.1 Å². The van der Waals surface area contributed by atoms with Gasteiger partial charge in [-0.3, -0.25) is 0 Å². The van der Waals surface area contributed by atoms with Gasteiger partial charge in [-0.25, -0.2) is 8.42 Å². The third-order valence-electron chi connectivity index (χ3n) is 4.22. The minimum atomic E-state index is -2.70. The summed E-state index contributed by atoms with van der Waals surface area (Å²) < 4.78 is 22.6. The number of rotatable bonds is 3. The number of hydrogen-bond acceptors (Lipinski definition) is 3. The standard InChI is InChI=1S/C13H25NO2S/c15-17(16)9-7-13(8-10-17)14-11-12-5-3-1-2-4-6-12/h12-14H,1-11H2. The van der Waals surface area contributed by atoms with Gasteiger partial charge in [-0.15, -0.1) is 0 Å². The molecule has 0 atom stereocenters. The minimum Gasteiger partial charge on any atom is -0.314 e. The SMILES string of the molecule is O=S1(=O)CCC(NCC2CCCCCC2)CC1. The van der Waals surface area contributed by atoms with Crippen molar-refractivity contribution < 1.29 is 8.42 Å². The van der Waals surface area contributed by atoms with Gasteiger partial charge in [0.1, 0.15) is 9.84 Å². The zero-order chi connectivity index (χ0) is 12.1. The molecule has 0 aromatic heterocycles. The van der Waals surface area contributed by atoms with Crippen molar-refractivity contribution >= 4 is 9.84 Å².